The first-order chi connectivity index (χ1) is 13.0. The van der Waals surface area contributed by atoms with Crippen molar-refractivity contribution < 1.29 is 12.7 Å². The van der Waals surface area contributed by atoms with Crippen LogP contribution < -0.4 is 0 Å². The number of hydrogen-bond donors (Lipinski definition) is 0. The van der Waals surface area contributed by atoms with E-state index in [0.29, 0.717) is 11.3 Å². The van der Waals surface area contributed by atoms with Crippen LogP contribution in [0.25, 0.3) is 10.8 Å². The number of hydrogen-bond acceptors (Lipinski definition) is 5. The Hall–Kier alpha value is -2.31. The molecule has 4 rings (SSSR count). The average molecular weight is 398 g/mol. The van der Waals surface area contributed by atoms with Gasteiger partial charge in [-0.15, -0.1) is 11.8 Å². The molecule has 0 amide bonds. The third kappa shape index (κ3) is 3.35. The third-order valence-electron chi connectivity index (χ3n) is 4.70. The van der Waals surface area contributed by atoms with Gasteiger partial charge in [-0.05, 0) is 35.4 Å². The zero-order valence-corrected chi connectivity index (χ0v) is 16.7. The zero-order valence-electron chi connectivity index (χ0n) is 15.0. The van der Waals surface area contributed by atoms with Crippen molar-refractivity contribution in [2.75, 3.05) is 5.75 Å². The number of benzene rings is 3. The molecule has 3 aromatic rings. The summed E-state index contributed by atoms with van der Waals surface area (Å²) in [4.78, 5) is 1.24. The van der Waals surface area contributed by atoms with Crippen molar-refractivity contribution in [3.05, 3.63) is 71.8 Å². The largest absolute Gasteiger partial charge is 0.358 e. The highest BCUT2D eigenvalue weighted by atomic mass is 32.2. The smallest absolute Gasteiger partial charge is 0.264 e. The lowest BCUT2D eigenvalue weighted by Crippen LogP contribution is -2.22. The van der Waals surface area contributed by atoms with E-state index in [4.69, 9.17) is 4.28 Å². The molecule has 138 valence electrons. The number of thioether (sulfide) groups is 1. The molecule has 1 aliphatic rings. The minimum atomic E-state index is -3.96. The van der Waals surface area contributed by atoms with Gasteiger partial charge in [-0.3, -0.25) is 4.28 Å². The van der Waals surface area contributed by atoms with E-state index in [2.05, 4.69) is 17.3 Å². The van der Waals surface area contributed by atoms with Crippen molar-refractivity contribution in [1.82, 2.24) is 0 Å². The van der Waals surface area contributed by atoms with Crippen molar-refractivity contribution in [2.45, 2.75) is 23.6 Å². The normalized spacial score (nSPS) is 18.4. The van der Waals surface area contributed by atoms with E-state index in [1.54, 1.807) is 36.9 Å². The van der Waals surface area contributed by atoms with Crippen molar-refractivity contribution in [3.63, 3.8) is 0 Å². The minimum absolute atomic E-state index is 0.0837. The maximum absolute atomic E-state index is 12.6. The number of aryl methyl sites for hydroxylation is 1. The van der Waals surface area contributed by atoms with Crippen LogP contribution >= 0.6 is 11.8 Å². The lowest BCUT2D eigenvalue weighted by Gasteiger charge is -2.24. The van der Waals surface area contributed by atoms with E-state index < -0.39 is 10.1 Å². The van der Waals surface area contributed by atoms with E-state index >= 15 is 0 Å². The maximum Gasteiger partial charge on any atom is 0.358 e. The van der Waals surface area contributed by atoms with E-state index in [1.807, 2.05) is 31.2 Å². The topological polar surface area (TPSA) is 55.7 Å². The Morgan fingerprint density at radius 2 is 1.78 bits per heavy atom. The van der Waals surface area contributed by atoms with Gasteiger partial charge >= 0.3 is 10.1 Å². The summed E-state index contributed by atoms with van der Waals surface area (Å²) in [7, 11) is -3.96. The molecule has 1 heterocycles. The Bertz CT molecular complexity index is 1150. The summed E-state index contributed by atoms with van der Waals surface area (Å²) in [5, 5.41) is 6.32. The summed E-state index contributed by atoms with van der Waals surface area (Å²) >= 11 is 1.76. The highest BCUT2D eigenvalue weighted by molar-refractivity contribution is 7.99. The van der Waals surface area contributed by atoms with Crippen LogP contribution in [0.1, 0.15) is 18.1 Å². The van der Waals surface area contributed by atoms with Gasteiger partial charge in [0.05, 0.1) is 5.71 Å². The van der Waals surface area contributed by atoms with Crippen LogP contribution in [-0.2, 0) is 14.4 Å². The summed E-state index contributed by atoms with van der Waals surface area (Å²) in [5.41, 5.74) is 2.28. The van der Waals surface area contributed by atoms with Gasteiger partial charge in [0.15, 0.2) is 0 Å². The fraction of sp³-hybridized carbons (Fsp3) is 0.190. The number of oxime groups is 1. The molecule has 3 aromatic carbocycles. The number of fused-ring (bicyclic) bond motifs is 3. The third-order valence-corrected chi connectivity index (χ3v) is 7.28. The quantitative estimate of drug-likeness (QED) is 0.584. The fourth-order valence-corrected chi connectivity index (χ4v) is 5.35. The van der Waals surface area contributed by atoms with Crippen molar-refractivity contribution in [2.24, 2.45) is 11.1 Å². The molecule has 0 fully saturated rings. The summed E-state index contributed by atoms with van der Waals surface area (Å²) in [6, 6.07) is 19.0. The standard InChI is InChI=1S/C21H19NO3S2/c1-14-7-3-6-10-19(14)27(23,24)25-22-21-15(2)13-26-18-12-11-16-8-4-5-9-17(16)20(18)21/h3-12,15H,13H2,1-2H3/b22-21+. The van der Waals surface area contributed by atoms with Crippen LogP contribution in [0.5, 0.6) is 0 Å². The summed E-state index contributed by atoms with van der Waals surface area (Å²) in [6.07, 6.45) is 0. The second-order valence-electron chi connectivity index (χ2n) is 6.64. The molecule has 0 aliphatic carbocycles. The molecule has 0 spiro atoms. The number of rotatable bonds is 3. The molecule has 4 nitrogen and oxygen atoms in total. The van der Waals surface area contributed by atoms with Gasteiger partial charge in [0.2, 0.25) is 0 Å². The lowest BCUT2D eigenvalue weighted by molar-refractivity contribution is 0.336. The molecule has 1 unspecified atom stereocenters. The van der Waals surface area contributed by atoms with Gasteiger partial charge in [-0.2, -0.15) is 8.42 Å². The van der Waals surface area contributed by atoms with Crippen LogP contribution in [0.2, 0.25) is 0 Å². The van der Waals surface area contributed by atoms with Gasteiger partial charge in [0, 0.05) is 22.1 Å². The Labute approximate surface area is 163 Å². The Balaban J connectivity index is 1.81. The van der Waals surface area contributed by atoms with Crippen LogP contribution in [0.3, 0.4) is 0 Å². The van der Waals surface area contributed by atoms with E-state index in [-0.39, 0.29) is 10.8 Å². The van der Waals surface area contributed by atoms with Crippen molar-refractivity contribution >= 4 is 38.4 Å². The maximum atomic E-state index is 12.6. The van der Waals surface area contributed by atoms with Gasteiger partial charge in [-0.25, -0.2) is 0 Å². The number of nitrogens with zero attached hydrogens (tertiary/aromatic N) is 1. The molecule has 0 N–H and O–H groups in total. The molecule has 0 saturated carbocycles. The predicted octanol–water partition coefficient (Wildman–Crippen LogP) is 5.00. The summed E-state index contributed by atoms with van der Waals surface area (Å²) in [6.45, 7) is 3.78. The van der Waals surface area contributed by atoms with Gasteiger partial charge in [0.25, 0.3) is 0 Å². The Kier molecular flexibility index (Phi) is 4.70. The first kappa shape index (κ1) is 18.1. The molecular formula is C21H19NO3S2. The van der Waals surface area contributed by atoms with E-state index in [1.165, 1.54) is 6.07 Å². The molecule has 1 atom stereocenters. The zero-order chi connectivity index (χ0) is 19.0. The first-order valence-electron chi connectivity index (χ1n) is 8.69. The van der Waals surface area contributed by atoms with Gasteiger partial charge in [0.1, 0.15) is 4.90 Å². The fourth-order valence-electron chi connectivity index (χ4n) is 3.28. The van der Waals surface area contributed by atoms with Crippen LogP contribution in [0.4, 0.5) is 0 Å². The van der Waals surface area contributed by atoms with E-state index in [9.17, 15) is 8.42 Å². The molecule has 0 saturated heterocycles. The van der Waals surface area contributed by atoms with Gasteiger partial charge < -0.3 is 0 Å². The molecule has 0 aromatic heterocycles. The predicted molar refractivity (Wildman–Crippen MR) is 110 cm³/mol. The SMILES string of the molecule is Cc1ccccc1S(=O)(=O)O/N=C1/c2c(ccc3ccccc23)SCC1C. The first-order valence-corrected chi connectivity index (χ1v) is 11.1. The van der Waals surface area contributed by atoms with Crippen LogP contribution in [-0.4, -0.2) is 19.9 Å². The van der Waals surface area contributed by atoms with Crippen LogP contribution in [0.15, 0.2) is 75.6 Å². The molecule has 1 aliphatic heterocycles. The Morgan fingerprint density at radius 1 is 1.04 bits per heavy atom. The van der Waals surface area contributed by atoms with Crippen LogP contribution in [0, 0.1) is 12.8 Å². The average Bonchev–Trinajstić information content (AvgIpc) is 2.67. The molecule has 6 heteroatoms. The monoisotopic (exact) mass is 397 g/mol. The van der Waals surface area contributed by atoms with Crippen molar-refractivity contribution in [1.29, 1.82) is 0 Å². The lowest BCUT2D eigenvalue weighted by atomic mass is 9.94. The summed E-state index contributed by atoms with van der Waals surface area (Å²) < 4.78 is 30.4. The minimum Gasteiger partial charge on any atom is -0.264 e. The highest BCUT2D eigenvalue weighted by Gasteiger charge is 2.27. The second-order valence-corrected chi connectivity index (χ2v) is 9.20. The van der Waals surface area contributed by atoms with E-state index in [0.717, 1.165) is 27.0 Å². The molecule has 27 heavy (non-hydrogen) atoms. The highest BCUT2D eigenvalue weighted by Crippen LogP contribution is 2.38. The second kappa shape index (κ2) is 7.02. The summed E-state index contributed by atoms with van der Waals surface area (Å²) in [5.74, 6) is 0.915. The molecular weight excluding hydrogens is 378 g/mol. The van der Waals surface area contributed by atoms with Gasteiger partial charge in [-0.1, -0.05) is 60.6 Å². The molecule has 0 radical (unpaired) electrons. The molecule has 0 bridgehead atoms. The Morgan fingerprint density at radius 3 is 2.59 bits per heavy atom. The van der Waals surface area contributed by atoms with Crippen molar-refractivity contribution in [3.8, 4) is 0 Å².